The second-order valence-electron chi connectivity index (χ2n) is 6.05. The Morgan fingerprint density at radius 3 is 2.70 bits per heavy atom. The second kappa shape index (κ2) is 9.06. The molecule has 2 aromatic heterocycles. The average Bonchev–Trinajstić information content (AvgIpc) is 3.46. The van der Waals surface area contributed by atoms with E-state index in [2.05, 4.69) is 20.5 Å². The summed E-state index contributed by atoms with van der Waals surface area (Å²) < 4.78 is 11.8. The zero-order valence-electron chi connectivity index (χ0n) is 16.2. The van der Waals surface area contributed by atoms with Crippen LogP contribution in [0, 0.1) is 0 Å². The standard InChI is InChI=1S/C20H17N5O3S2/c1-27-17-6-4-3-5-16(17)25-20(22-23-24-25)30-12-15-11-29-18(21-15)13-7-9-14(10-8-13)19(26)28-2/h3-11H,12H2,1-2H3. The smallest absolute Gasteiger partial charge is 0.337 e. The van der Waals surface area contributed by atoms with Gasteiger partial charge in [0.25, 0.3) is 0 Å². The Morgan fingerprint density at radius 1 is 1.13 bits per heavy atom. The highest BCUT2D eigenvalue weighted by Crippen LogP contribution is 2.29. The van der Waals surface area contributed by atoms with Crippen molar-refractivity contribution in [3.05, 3.63) is 65.2 Å². The Kier molecular flexibility index (Phi) is 6.05. The summed E-state index contributed by atoms with van der Waals surface area (Å²) in [5, 5.41) is 15.5. The monoisotopic (exact) mass is 439 g/mol. The molecule has 0 N–H and O–H groups in total. The summed E-state index contributed by atoms with van der Waals surface area (Å²) in [5.41, 5.74) is 3.16. The first kappa shape index (κ1) is 20.0. The Bertz CT molecular complexity index is 1160. The molecule has 30 heavy (non-hydrogen) atoms. The van der Waals surface area contributed by atoms with Crippen LogP contribution in [0.3, 0.4) is 0 Å². The van der Waals surface area contributed by atoms with Gasteiger partial charge in [0.15, 0.2) is 0 Å². The molecule has 10 heteroatoms. The van der Waals surface area contributed by atoms with Crippen LogP contribution in [-0.2, 0) is 10.5 Å². The third-order valence-electron chi connectivity index (χ3n) is 4.21. The molecule has 0 bridgehead atoms. The SMILES string of the molecule is COC(=O)c1ccc(-c2nc(CSc3nnnn3-c3ccccc3OC)cs2)cc1. The van der Waals surface area contributed by atoms with Gasteiger partial charge < -0.3 is 9.47 Å². The number of carbonyl (C=O) groups is 1. The van der Waals surface area contributed by atoms with Gasteiger partial charge in [0.2, 0.25) is 5.16 Å². The minimum absolute atomic E-state index is 0.356. The molecule has 0 aliphatic rings. The van der Waals surface area contributed by atoms with Crippen LogP contribution in [0.5, 0.6) is 5.75 Å². The number of rotatable bonds is 7. The van der Waals surface area contributed by atoms with E-state index in [9.17, 15) is 4.79 Å². The van der Waals surface area contributed by atoms with Gasteiger partial charge in [0.05, 0.1) is 25.5 Å². The first-order valence-electron chi connectivity index (χ1n) is 8.87. The summed E-state index contributed by atoms with van der Waals surface area (Å²) in [4.78, 5) is 16.3. The van der Waals surface area contributed by atoms with Crippen molar-refractivity contribution in [1.82, 2.24) is 25.2 Å². The van der Waals surface area contributed by atoms with Crippen molar-refractivity contribution >= 4 is 29.1 Å². The number of para-hydroxylation sites is 2. The van der Waals surface area contributed by atoms with Crippen molar-refractivity contribution in [2.45, 2.75) is 10.9 Å². The van der Waals surface area contributed by atoms with Crippen LogP contribution in [0.1, 0.15) is 16.1 Å². The number of thiazole rings is 1. The zero-order valence-corrected chi connectivity index (χ0v) is 17.8. The molecular weight excluding hydrogens is 422 g/mol. The molecular formula is C20H17N5O3S2. The number of hydrogen-bond donors (Lipinski definition) is 0. The fourth-order valence-corrected chi connectivity index (χ4v) is 4.44. The molecule has 152 valence electrons. The normalized spacial score (nSPS) is 10.7. The molecule has 0 saturated carbocycles. The number of aromatic nitrogens is 5. The van der Waals surface area contributed by atoms with Crippen LogP contribution < -0.4 is 4.74 Å². The fraction of sp³-hybridized carbons (Fsp3) is 0.150. The number of benzene rings is 2. The van der Waals surface area contributed by atoms with Crippen LogP contribution >= 0.6 is 23.1 Å². The number of esters is 1. The van der Waals surface area contributed by atoms with Crippen LogP contribution in [0.25, 0.3) is 16.3 Å². The van der Waals surface area contributed by atoms with Gasteiger partial charge >= 0.3 is 5.97 Å². The summed E-state index contributed by atoms with van der Waals surface area (Å²) >= 11 is 3.04. The lowest BCUT2D eigenvalue weighted by Gasteiger charge is -2.08. The molecule has 0 radical (unpaired) electrons. The van der Waals surface area contributed by atoms with Crippen LogP contribution in [-0.4, -0.2) is 45.4 Å². The fourth-order valence-electron chi connectivity index (χ4n) is 2.74. The van der Waals surface area contributed by atoms with Gasteiger partial charge in [-0.05, 0) is 34.7 Å². The Labute approximate surface area is 180 Å². The molecule has 2 aromatic carbocycles. The summed E-state index contributed by atoms with van der Waals surface area (Å²) in [5.74, 6) is 0.954. The maximum Gasteiger partial charge on any atom is 0.337 e. The topological polar surface area (TPSA) is 92.0 Å². The number of ether oxygens (including phenoxy) is 2. The highest BCUT2D eigenvalue weighted by molar-refractivity contribution is 7.98. The predicted molar refractivity (Wildman–Crippen MR) is 114 cm³/mol. The zero-order chi connectivity index (χ0) is 20.9. The van der Waals surface area contributed by atoms with Crippen molar-refractivity contribution in [1.29, 1.82) is 0 Å². The van der Waals surface area contributed by atoms with E-state index in [1.807, 2.05) is 41.8 Å². The van der Waals surface area contributed by atoms with Gasteiger partial charge in [-0.3, -0.25) is 0 Å². The molecule has 0 saturated heterocycles. The molecule has 4 rings (SSSR count). The number of hydrogen-bond acceptors (Lipinski definition) is 9. The minimum atomic E-state index is -0.356. The summed E-state index contributed by atoms with van der Waals surface area (Å²) in [7, 11) is 2.98. The van der Waals surface area contributed by atoms with E-state index in [-0.39, 0.29) is 5.97 Å². The van der Waals surface area contributed by atoms with Gasteiger partial charge in [-0.1, -0.05) is 36.0 Å². The van der Waals surface area contributed by atoms with E-state index in [4.69, 9.17) is 9.47 Å². The van der Waals surface area contributed by atoms with Crippen molar-refractivity contribution in [3.8, 4) is 22.0 Å². The van der Waals surface area contributed by atoms with E-state index in [0.717, 1.165) is 22.0 Å². The molecule has 0 fully saturated rings. The van der Waals surface area contributed by atoms with E-state index in [0.29, 0.717) is 22.2 Å². The van der Waals surface area contributed by atoms with E-state index < -0.39 is 0 Å². The molecule has 0 unspecified atom stereocenters. The number of thioether (sulfide) groups is 1. The quantitative estimate of drug-likeness (QED) is 0.316. The number of nitrogens with zero attached hydrogens (tertiary/aromatic N) is 5. The maximum absolute atomic E-state index is 11.6. The predicted octanol–water partition coefficient (Wildman–Crippen LogP) is 3.87. The number of tetrazole rings is 1. The molecule has 8 nitrogen and oxygen atoms in total. The summed E-state index contributed by atoms with van der Waals surface area (Å²) in [6.45, 7) is 0. The van der Waals surface area contributed by atoms with Crippen molar-refractivity contribution < 1.29 is 14.3 Å². The first-order valence-corrected chi connectivity index (χ1v) is 10.7. The minimum Gasteiger partial charge on any atom is -0.494 e. The molecule has 0 spiro atoms. The van der Waals surface area contributed by atoms with Crippen LogP contribution in [0.2, 0.25) is 0 Å². The maximum atomic E-state index is 11.6. The third kappa shape index (κ3) is 4.19. The molecule has 0 aliphatic heterocycles. The number of methoxy groups -OCH3 is 2. The van der Waals surface area contributed by atoms with Crippen molar-refractivity contribution in [2.24, 2.45) is 0 Å². The Morgan fingerprint density at radius 2 is 1.93 bits per heavy atom. The van der Waals surface area contributed by atoms with Gasteiger partial charge in [0.1, 0.15) is 16.4 Å². The Hall–Kier alpha value is -3.24. The lowest BCUT2D eigenvalue weighted by molar-refractivity contribution is 0.0601. The molecule has 0 atom stereocenters. The largest absolute Gasteiger partial charge is 0.494 e. The lowest BCUT2D eigenvalue weighted by Crippen LogP contribution is -2.01. The van der Waals surface area contributed by atoms with Gasteiger partial charge in [-0.2, -0.15) is 4.68 Å². The third-order valence-corrected chi connectivity index (χ3v) is 6.10. The average molecular weight is 440 g/mol. The van der Waals surface area contributed by atoms with E-state index in [1.165, 1.54) is 18.9 Å². The number of carbonyl (C=O) groups excluding carboxylic acids is 1. The van der Waals surface area contributed by atoms with Gasteiger partial charge in [0, 0.05) is 16.7 Å². The molecule has 0 amide bonds. The van der Waals surface area contributed by atoms with E-state index >= 15 is 0 Å². The van der Waals surface area contributed by atoms with Crippen molar-refractivity contribution in [2.75, 3.05) is 14.2 Å². The summed E-state index contributed by atoms with van der Waals surface area (Å²) in [6, 6.07) is 14.8. The van der Waals surface area contributed by atoms with Crippen molar-refractivity contribution in [3.63, 3.8) is 0 Å². The van der Waals surface area contributed by atoms with Gasteiger partial charge in [-0.15, -0.1) is 16.4 Å². The van der Waals surface area contributed by atoms with Crippen LogP contribution in [0.4, 0.5) is 0 Å². The van der Waals surface area contributed by atoms with E-state index in [1.54, 1.807) is 35.3 Å². The lowest BCUT2D eigenvalue weighted by atomic mass is 10.1. The highest BCUT2D eigenvalue weighted by atomic mass is 32.2. The molecule has 4 aromatic rings. The molecule has 0 aliphatic carbocycles. The van der Waals surface area contributed by atoms with Gasteiger partial charge in [-0.25, -0.2) is 9.78 Å². The molecule has 2 heterocycles. The first-order chi connectivity index (χ1) is 14.7. The summed E-state index contributed by atoms with van der Waals surface area (Å²) in [6.07, 6.45) is 0. The Balaban J connectivity index is 1.47. The highest BCUT2D eigenvalue weighted by Gasteiger charge is 2.14. The second-order valence-corrected chi connectivity index (χ2v) is 7.85. The van der Waals surface area contributed by atoms with Crippen LogP contribution in [0.15, 0.2) is 59.1 Å².